The van der Waals surface area contributed by atoms with Gasteiger partial charge in [0.2, 0.25) is 0 Å². The molecule has 0 fully saturated rings. The van der Waals surface area contributed by atoms with E-state index in [1.165, 1.54) is 43.7 Å². The van der Waals surface area contributed by atoms with E-state index in [4.69, 9.17) is 17.0 Å². The second kappa shape index (κ2) is 12.0. The molecule has 0 amide bonds. The number of ether oxygens (including phenoxy) is 1. The van der Waals surface area contributed by atoms with Crippen LogP contribution in [0.5, 0.6) is 5.75 Å². The molecule has 2 aromatic rings. The SMILES string of the molecule is CCCCCCCc1ssc(=S)c1Cc1ccc(OC)c(S(=O)(=O)O)c1.[NaH]. The Labute approximate surface area is 196 Å². The number of benzene rings is 1. The van der Waals surface area contributed by atoms with Crippen LogP contribution < -0.4 is 4.74 Å². The Hall–Kier alpha value is 0.200. The molecule has 4 nitrogen and oxygen atoms in total. The van der Waals surface area contributed by atoms with Gasteiger partial charge in [-0.15, -0.1) is 0 Å². The van der Waals surface area contributed by atoms with Crippen LogP contribution in [-0.4, -0.2) is 49.6 Å². The van der Waals surface area contributed by atoms with E-state index in [0.29, 0.717) is 6.42 Å². The quantitative estimate of drug-likeness (QED) is 0.174. The predicted octanol–water partition coefficient (Wildman–Crippen LogP) is 5.25. The molecule has 0 spiro atoms. The zero-order valence-electron chi connectivity index (χ0n) is 15.0. The summed E-state index contributed by atoms with van der Waals surface area (Å²) in [6.45, 7) is 2.21. The van der Waals surface area contributed by atoms with Gasteiger partial charge in [-0.2, -0.15) is 8.42 Å². The van der Waals surface area contributed by atoms with Gasteiger partial charge >= 0.3 is 29.6 Å². The molecule has 1 aromatic heterocycles. The molecule has 27 heavy (non-hydrogen) atoms. The van der Waals surface area contributed by atoms with Gasteiger partial charge in [0.1, 0.15) is 14.5 Å². The summed E-state index contributed by atoms with van der Waals surface area (Å²) in [5.74, 6) is 0.138. The van der Waals surface area contributed by atoms with Crippen molar-refractivity contribution in [3.63, 3.8) is 0 Å². The topological polar surface area (TPSA) is 63.6 Å². The van der Waals surface area contributed by atoms with E-state index in [0.717, 1.165) is 27.8 Å². The van der Waals surface area contributed by atoms with Crippen LogP contribution in [-0.2, 0) is 23.0 Å². The number of hydrogen-bond acceptors (Lipinski definition) is 6. The van der Waals surface area contributed by atoms with Crippen molar-refractivity contribution in [1.82, 2.24) is 0 Å². The van der Waals surface area contributed by atoms with Crippen molar-refractivity contribution in [2.75, 3.05) is 7.11 Å². The van der Waals surface area contributed by atoms with Crippen LogP contribution in [0.2, 0.25) is 0 Å². The average Bonchev–Trinajstić information content (AvgIpc) is 2.94. The van der Waals surface area contributed by atoms with Gasteiger partial charge in [0.25, 0.3) is 10.1 Å². The maximum absolute atomic E-state index is 11.6. The van der Waals surface area contributed by atoms with Crippen molar-refractivity contribution >= 4 is 72.6 Å². The Morgan fingerprint density at radius 2 is 1.85 bits per heavy atom. The molecule has 9 heteroatoms. The monoisotopic (exact) mass is 456 g/mol. The summed E-state index contributed by atoms with van der Waals surface area (Å²) in [6.07, 6.45) is 7.71. The molecule has 1 aromatic carbocycles. The third kappa shape index (κ3) is 7.51. The summed E-state index contributed by atoms with van der Waals surface area (Å²) in [7, 11) is 0.363. The molecule has 0 aliphatic rings. The number of hydrogen-bond donors (Lipinski definition) is 1. The van der Waals surface area contributed by atoms with Gasteiger partial charge in [0.15, 0.2) is 0 Å². The number of unbranched alkanes of at least 4 members (excludes halogenated alkanes) is 4. The van der Waals surface area contributed by atoms with Crippen LogP contribution in [0.25, 0.3) is 0 Å². The normalized spacial score (nSPS) is 11.2. The molecule has 0 radical (unpaired) electrons. The van der Waals surface area contributed by atoms with E-state index in [1.54, 1.807) is 26.7 Å². The molecule has 146 valence electrons. The summed E-state index contributed by atoms with van der Waals surface area (Å²) in [4.78, 5) is 1.09. The first-order valence-corrected chi connectivity index (χ1v) is 12.6. The van der Waals surface area contributed by atoms with Crippen LogP contribution in [0.1, 0.15) is 55.0 Å². The molecule has 0 saturated carbocycles. The van der Waals surface area contributed by atoms with E-state index in [-0.39, 0.29) is 40.2 Å². The predicted molar refractivity (Wildman–Crippen MR) is 118 cm³/mol. The van der Waals surface area contributed by atoms with Crippen LogP contribution >= 0.6 is 32.9 Å². The van der Waals surface area contributed by atoms with Crippen molar-refractivity contribution in [2.45, 2.75) is 56.8 Å². The van der Waals surface area contributed by atoms with Crippen molar-refractivity contribution in [3.05, 3.63) is 38.0 Å². The van der Waals surface area contributed by atoms with Crippen molar-refractivity contribution in [2.24, 2.45) is 0 Å². The Kier molecular flexibility index (Phi) is 11.2. The van der Waals surface area contributed by atoms with Gasteiger partial charge < -0.3 is 4.74 Å². The van der Waals surface area contributed by atoms with Gasteiger partial charge in [-0.05, 0) is 36.1 Å². The Bertz CT molecular complexity index is 887. The van der Waals surface area contributed by atoms with Crippen LogP contribution in [0.15, 0.2) is 23.1 Å². The first kappa shape index (κ1) is 25.2. The van der Waals surface area contributed by atoms with Crippen LogP contribution in [0.4, 0.5) is 0 Å². The summed E-state index contributed by atoms with van der Waals surface area (Å²) >= 11 is 5.48. The van der Waals surface area contributed by atoms with E-state index >= 15 is 0 Å². The zero-order chi connectivity index (χ0) is 19.2. The van der Waals surface area contributed by atoms with Crippen molar-refractivity contribution in [3.8, 4) is 5.75 Å². The van der Waals surface area contributed by atoms with Gasteiger partial charge in [-0.3, -0.25) is 4.55 Å². The Balaban J connectivity index is 0.00000364. The average molecular weight is 457 g/mol. The fraction of sp³-hybridized carbons (Fsp3) is 0.500. The molecule has 0 aliphatic carbocycles. The molecular formula is C18H25NaO4S4. The number of rotatable bonds is 10. The third-order valence-electron chi connectivity index (χ3n) is 4.20. The molecule has 2 rings (SSSR count). The minimum absolute atomic E-state index is 0. The van der Waals surface area contributed by atoms with Crippen LogP contribution in [0.3, 0.4) is 0 Å². The molecule has 0 bridgehead atoms. The van der Waals surface area contributed by atoms with Gasteiger partial charge in [-0.1, -0.05) is 71.6 Å². The molecule has 0 aliphatic heterocycles. The number of methoxy groups -OCH3 is 1. The first-order valence-electron chi connectivity index (χ1n) is 8.62. The van der Waals surface area contributed by atoms with E-state index in [1.807, 2.05) is 6.07 Å². The standard InChI is InChI=1S/C18H24O4S4.Na.H/c1-3-4-5-6-7-8-16-14(18(23)25-24-16)11-13-9-10-15(22-2)17(12-13)26(19,20)21;;/h9-10,12H,3-8,11H2,1-2H3,(H,19,20,21);;. The third-order valence-corrected chi connectivity index (χ3v) is 8.37. The second-order valence-electron chi connectivity index (χ2n) is 6.16. The summed E-state index contributed by atoms with van der Waals surface area (Å²) in [6, 6.07) is 4.85. The second-order valence-corrected chi connectivity index (χ2v) is 10.4. The first-order chi connectivity index (χ1) is 12.4. The van der Waals surface area contributed by atoms with Gasteiger partial charge in [-0.25, -0.2) is 0 Å². The molecule has 1 heterocycles. The maximum atomic E-state index is 11.6. The summed E-state index contributed by atoms with van der Waals surface area (Å²) in [5.41, 5.74) is 1.90. The molecule has 0 saturated heterocycles. The fourth-order valence-corrected chi connectivity index (χ4v) is 6.49. The van der Waals surface area contributed by atoms with E-state index in [9.17, 15) is 13.0 Å². The minimum atomic E-state index is -4.34. The van der Waals surface area contributed by atoms with Crippen molar-refractivity contribution in [1.29, 1.82) is 0 Å². The molecular weight excluding hydrogens is 431 g/mol. The zero-order valence-corrected chi connectivity index (χ0v) is 18.3. The van der Waals surface area contributed by atoms with Crippen LogP contribution in [0, 0.1) is 3.82 Å². The summed E-state index contributed by atoms with van der Waals surface area (Å²) < 4.78 is 38.5. The molecule has 0 unspecified atom stereocenters. The summed E-state index contributed by atoms with van der Waals surface area (Å²) in [5, 5.41) is 0. The Morgan fingerprint density at radius 3 is 2.48 bits per heavy atom. The van der Waals surface area contributed by atoms with Gasteiger partial charge in [0.05, 0.1) is 7.11 Å². The van der Waals surface area contributed by atoms with E-state index < -0.39 is 10.1 Å². The Morgan fingerprint density at radius 1 is 1.15 bits per heavy atom. The van der Waals surface area contributed by atoms with Gasteiger partial charge in [0, 0.05) is 11.3 Å². The fourth-order valence-electron chi connectivity index (χ4n) is 2.79. The van der Waals surface area contributed by atoms with Crippen molar-refractivity contribution < 1.29 is 17.7 Å². The molecule has 0 atom stereocenters. The van der Waals surface area contributed by atoms with E-state index in [2.05, 4.69) is 6.92 Å². The number of aryl methyl sites for hydroxylation is 1. The molecule has 1 N–H and O–H groups in total.